The van der Waals surface area contributed by atoms with Gasteiger partial charge in [-0.3, -0.25) is 9.62 Å². The lowest BCUT2D eigenvalue weighted by molar-refractivity contribution is 0.209. The zero-order chi connectivity index (χ0) is 19.4. The normalized spacial score (nSPS) is 15.9. The highest BCUT2D eigenvalue weighted by molar-refractivity contribution is 7.91. The summed E-state index contributed by atoms with van der Waals surface area (Å²) in [5, 5.41) is 0. The van der Waals surface area contributed by atoms with Crippen LogP contribution in [0.25, 0.3) is 0 Å². The number of nitrogens with one attached hydrogen (secondary N) is 1. The summed E-state index contributed by atoms with van der Waals surface area (Å²) in [6.07, 6.45) is 0. The van der Waals surface area contributed by atoms with E-state index in [0.29, 0.717) is 17.3 Å². The van der Waals surface area contributed by atoms with Gasteiger partial charge in [-0.1, -0.05) is 12.1 Å². The number of hydrogen-bond acceptors (Lipinski definition) is 4. The molecule has 27 heavy (non-hydrogen) atoms. The van der Waals surface area contributed by atoms with Crippen LogP contribution in [0, 0.1) is 5.82 Å². The zero-order valence-corrected chi connectivity index (χ0v) is 16.5. The number of rotatable bonds is 6. The van der Waals surface area contributed by atoms with Gasteiger partial charge in [0.05, 0.1) is 5.75 Å². The summed E-state index contributed by atoms with van der Waals surface area (Å²) in [6.45, 7) is 8.42. The Hall–Kier alpha value is -2.12. The third-order valence-corrected chi connectivity index (χ3v) is 6.08. The summed E-state index contributed by atoms with van der Waals surface area (Å²) >= 11 is 0. The van der Waals surface area contributed by atoms with Crippen molar-refractivity contribution in [1.82, 2.24) is 4.90 Å². The molecule has 7 heteroatoms. The average Bonchev–Trinajstić information content (AvgIpc) is 2.64. The Morgan fingerprint density at radius 3 is 2.11 bits per heavy atom. The van der Waals surface area contributed by atoms with E-state index >= 15 is 0 Å². The summed E-state index contributed by atoms with van der Waals surface area (Å²) in [6, 6.07) is 13.5. The van der Waals surface area contributed by atoms with Gasteiger partial charge < -0.3 is 4.90 Å². The van der Waals surface area contributed by atoms with E-state index in [4.69, 9.17) is 0 Å². The molecule has 0 radical (unpaired) electrons. The maximum atomic E-state index is 12.9. The number of halogens is 1. The molecule has 0 unspecified atom stereocenters. The Morgan fingerprint density at radius 1 is 0.963 bits per heavy atom. The fourth-order valence-electron chi connectivity index (χ4n) is 3.25. The van der Waals surface area contributed by atoms with E-state index < -0.39 is 10.0 Å². The van der Waals surface area contributed by atoms with Crippen molar-refractivity contribution in [2.24, 2.45) is 0 Å². The van der Waals surface area contributed by atoms with Crippen molar-refractivity contribution in [3.63, 3.8) is 0 Å². The Balaban J connectivity index is 1.59. The summed E-state index contributed by atoms with van der Waals surface area (Å²) < 4.78 is 40.2. The number of nitrogens with zero attached hydrogens (tertiary/aromatic N) is 2. The first-order valence-electron chi connectivity index (χ1n) is 9.16. The van der Waals surface area contributed by atoms with E-state index in [1.165, 1.54) is 24.3 Å². The summed E-state index contributed by atoms with van der Waals surface area (Å²) in [5.74, 6) is -0.569. The molecule has 2 aromatic carbocycles. The quantitative estimate of drug-likeness (QED) is 0.821. The molecule has 5 nitrogen and oxygen atoms in total. The monoisotopic (exact) mass is 391 g/mol. The second-order valence-corrected chi connectivity index (χ2v) is 8.87. The lowest BCUT2D eigenvalue weighted by atomic mass is 10.2. The fraction of sp³-hybridized carbons (Fsp3) is 0.400. The van der Waals surface area contributed by atoms with Crippen molar-refractivity contribution >= 4 is 21.4 Å². The first-order chi connectivity index (χ1) is 12.8. The molecule has 3 rings (SSSR count). The van der Waals surface area contributed by atoms with E-state index in [0.717, 1.165) is 31.9 Å². The molecule has 1 aliphatic rings. The van der Waals surface area contributed by atoms with Crippen LogP contribution in [0.1, 0.15) is 19.4 Å². The van der Waals surface area contributed by atoms with Gasteiger partial charge in [-0.25, -0.2) is 12.8 Å². The molecule has 0 aliphatic carbocycles. The molecule has 0 aromatic heterocycles. The highest BCUT2D eigenvalue weighted by atomic mass is 32.2. The van der Waals surface area contributed by atoms with Crippen LogP contribution in [0.3, 0.4) is 0 Å². The third kappa shape index (κ3) is 5.43. The molecule has 2 aromatic rings. The molecular formula is C20H26FN3O2S. The second kappa shape index (κ2) is 8.27. The van der Waals surface area contributed by atoms with Gasteiger partial charge in [0, 0.05) is 43.6 Å². The van der Waals surface area contributed by atoms with Crippen LogP contribution in [0.2, 0.25) is 0 Å². The molecule has 1 fully saturated rings. The van der Waals surface area contributed by atoms with Gasteiger partial charge in [-0.15, -0.1) is 0 Å². The molecule has 1 heterocycles. The number of sulfonamides is 1. The Labute approximate surface area is 160 Å². The van der Waals surface area contributed by atoms with Gasteiger partial charge >= 0.3 is 0 Å². The minimum atomic E-state index is -3.55. The maximum Gasteiger partial charge on any atom is 0.236 e. The van der Waals surface area contributed by atoms with Crippen molar-refractivity contribution in [3.05, 3.63) is 59.9 Å². The van der Waals surface area contributed by atoms with Crippen LogP contribution >= 0.6 is 0 Å². The molecular weight excluding hydrogens is 365 g/mol. The van der Waals surface area contributed by atoms with Gasteiger partial charge in [0.25, 0.3) is 0 Å². The first-order valence-corrected chi connectivity index (χ1v) is 10.8. The van der Waals surface area contributed by atoms with Gasteiger partial charge in [0.1, 0.15) is 5.82 Å². The second-order valence-electron chi connectivity index (χ2n) is 7.15. The lowest BCUT2D eigenvalue weighted by Gasteiger charge is -2.38. The predicted octanol–water partition coefficient (Wildman–Crippen LogP) is 3.30. The highest BCUT2D eigenvalue weighted by Crippen LogP contribution is 2.21. The van der Waals surface area contributed by atoms with Gasteiger partial charge in [-0.05, 0) is 55.8 Å². The van der Waals surface area contributed by atoms with E-state index in [-0.39, 0.29) is 11.6 Å². The molecule has 0 amide bonds. The Bertz CT molecular complexity index is 844. The minimum Gasteiger partial charge on any atom is -0.369 e. The van der Waals surface area contributed by atoms with Gasteiger partial charge in [0.15, 0.2) is 0 Å². The van der Waals surface area contributed by atoms with Crippen LogP contribution in [0.4, 0.5) is 15.8 Å². The number of hydrogen-bond donors (Lipinski definition) is 1. The summed E-state index contributed by atoms with van der Waals surface area (Å²) in [4.78, 5) is 4.77. The maximum absolute atomic E-state index is 12.9. The SMILES string of the molecule is CC(C)N1CCN(c2ccc(NS(=O)(=O)Cc3ccc(F)cc3)cc2)CC1. The van der Waals surface area contributed by atoms with Crippen molar-refractivity contribution < 1.29 is 12.8 Å². The lowest BCUT2D eigenvalue weighted by Crippen LogP contribution is -2.48. The summed E-state index contributed by atoms with van der Waals surface area (Å²) in [5.41, 5.74) is 2.17. The van der Waals surface area contributed by atoms with E-state index in [2.05, 4.69) is 28.4 Å². The van der Waals surface area contributed by atoms with Crippen molar-refractivity contribution in [2.45, 2.75) is 25.6 Å². The molecule has 0 saturated carbocycles. The number of benzene rings is 2. The molecule has 0 bridgehead atoms. The first kappa shape index (κ1) is 19.6. The van der Waals surface area contributed by atoms with Gasteiger partial charge in [0.2, 0.25) is 10.0 Å². The predicted molar refractivity (Wildman–Crippen MR) is 108 cm³/mol. The molecule has 1 saturated heterocycles. The van der Waals surface area contributed by atoms with Crippen LogP contribution in [-0.2, 0) is 15.8 Å². The highest BCUT2D eigenvalue weighted by Gasteiger charge is 2.19. The fourth-order valence-corrected chi connectivity index (χ4v) is 4.45. The molecule has 0 spiro atoms. The van der Waals surface area contributed by atoms with Crippen LogP contribution in [0.15, 0.2) is 48.5 Å². The third-order valence-electron chi connectivity index (χ3n) is 4.82. The minimum absolute atomic E-state index is 0.188. The van der Waals surface area contributed by atoms with Crippen LogP contribution < -0.4 is 9.62 Å². The van der Waals surface area contributed by atoms with Crippen molar-refractivity contribution in [3.8, 4) is 0 Å². The Morgan fingerprint density at radius 2 is 1.56 bits per heavy atom. The molecule has 0 atom stereocenters. The van der Waals surface area contributed by atoms with E-state index in [1.807, 2.05) is 12.1 Å². The van der Waals surface area contributed by atoms with Crippen molar-refractivity contribution in [2.75, 3.05) is 35.8 Å². The largest absolute Gasteiger partial charge is 0.369 e. The van der Waals surface area contributed by atoms with E-state index in [9.17, 15) is 12.8 Å². The Kier molecular flexibility index (Phi) is 6.01. The zero-order valence-electron chi connectivity index (χ0n) is 15.7. The van der Waals surface area contributed by atoms with Crippen LogP contribution in [-0.4, -0.2) is 45.5 Å². The van der Waals surface area contributed by atoms with Crippen molar-refractivity contribution in [1.29, 1.82) is 0 Å². The molecule has 1 N–H and O–H groups in total. The smallest absolute Gasteiger partial charge is 0.236 e. The van der Waals surface area contributed by atoms with E-state index in [1.54, 1.807) is 12.1 Å². The standard InChI is InChI=1S/C20H26FN3O2S/c1-16(2)23-11-13-24(14-12-23)20-9-7-19(8-10-20)22-27(25,26)15-17-3-5-18(21)6-4-17/h3-10,16,22H,11-15H2,1-2H3. The topological polar surface area (TPSA) is 52.6 Å². The van der Waals surface area contributed by atoms with Crippen LogP contribution in [0.5, 0.6) is 0 Å². The molecule has 1 aliphatic heterocycles. The van der Waals surface area contributed by atoms with Gasteiger partial charge in [-0.2, -0.15) is 0 Å². The number of piperazine rings is 1. The average molecular weight is 392 g/mol. The molecule has 146 valence electrons. The summed E-state index contributed by atoms with van der Waals surface area (Å²) in [7, 11) is -3.55. The number of anilines is 2.